The second-order valence-corrected chi connectivity index (χ2v) is 6.21. The summed E-state index contributed by atoms with van der Waals surface area (Å²) in [6.07, 6.45) is 3.68. The largest absolute Gasteiger partial charge is 0.382 e. The first-order valence-electron chi connectivity index (χ1n) is 7.96. The standard InChI is InChI=1S/C18H17ClN6O/c1-10(5-3-6-12-9-22-15(20)14(19)11(12)2)23-18(26)17-24-13-7-4-8-21-16(13)25-17/h4,7-10H,5H2,1-2H3,(H2,20,22)(H,23,26)(H,21,24,25)/t10-/m0/s1. The van der Waals surface area contributed by atoms with E-state index >= 15 is 0 Å². The van der Waals surface area contributed by atoms with Crippen LogP contribution in [0.1, 0.15) is 35.1 Å². The molecule has 0 spiro atoms. The molecule has 7 nitrogen and oxygen atoms in total. The summed E-state index contributed by atoms with van der Waals surface area (Å²) in [4.78, 5) is 27.5. The lowest BCUT2D eigenvalue weighted by Crippen LogP contribution is -2.32. The highest BCUT2D eigenvalue weighted by molar-refractivity contribution is 6.33. The van der Waals surface area contributed by atoms with E-state index in [0.29, 0.717) is 28.2 Å². The summed E-state index contributed by atoms with van der Waals surface area (Å²) in [6.45, 7) is 3.71. The number of amides is 1. The summed E-state index contributed by atoms with van der Waals surface area (Å²) in [6, 6.07) is 3.43. The van der Waals surface area contributed by atoms with Gasteiger partial charge in [0, 0.05) is 30.4 Å². The number of halogens is 1. The fourth-order valence-corrected chi connectivity index (χ4v) is 2.47. The van der Waals surface area contributed by atoms with Crippen molar-refractivity contribution >= 4 is 34.5 Å². The maximum Gasteiger partial charge on any atom is 0.287 e. The molecule has 3 aromatic rings. The average molecular weight is 369 g/mol. The third-order valence-electron chi connectivity index (χ3n) is 3.77. The molecule has 0 saturated heterocycles. The number of rotatable bonds is 3. The van der Waals surface area contributed by atoms with Crippen LogP contribution in [-0.4, -0.2) is 31.9 Å². The van der Waals surface area contributed by atoms with E-state index in [1.807, 2.05) is 19.9 Å². The Balaban J connectivity index is 1.63. The number of hydrogen-bond donors (Lipinski definition) is 3. The molecule has 0 aromatic carbocycles. The molecule has 0 radical (unpaired) electrons. The number of hydrogen-bond acceptors (Lipinski definition) is 5. The van der Waals surface area contributed by atoms with E-state index in [1.165, 1.54) is 0 Å². The zero-order valence-electron chi connectivity index (χ0n) is 14.3. The number of fused-ring (bicyclic) bond motifs is 1. The van der Waals surface area contributed by atoms with Crippen molar-refractivity contribution in [3.05, 3.63) is 46.5 Å². The lowest BCUT2D eigenvalue weighted by atomic mass is 10.1. The van der Waals surface area contributed by atoms with Crippen molar-refractivity contribution in [1.29, 1.82) is 0 Å². The summed E-state index contributed by atoms with van der Waals surface area (Å²) in [5.74, 6) is 6.25. The number of nitrogens with two attached hydrogens (primary N) is 1. The molecule has 0 saturated carbocycles. The van der Waals surface area contributed by atoms with Gasteiger partial charge in [0.05, 0.1) is 10.5 Å². The lowest BCUT2D eigenvalue weighted by molar-refractivity contribution is 0.0931. The first-order valence-corrected chi connectivity index (χ1v) is 8.34. The van der Waals surface area contributed by atoms with Gasteiger partial charge in [0.1, 0.15) is 5.82 Å². The van der Waals surface area contributed by atoms with Gasteiger partial charge in [0.2, 0.25) is 0 Å². The number of nitrogens with zero attached hydrogens (tertiary/aromatic N) is 3. The van der Waals surface area contributed by atoms with E-state index in [4.69, 9.17) is 17.3 Å². The minimum Gasteiger partial charge on any atom is -0.382 e. The van der Waals surface area contributed by atoms with Crippen LogP contribution in [0.15, 0.2) is 24.5 Å². The molecule has 0 aliphatic heterocycles. The number of carbonyl (C=O) groups is 1. The van der Waals surface area contributed by atoms with Gasteiger partial charge in [-0.15, -0.1) is 0 Å². The minimum absolute atomic E-state index is 0.159. The van der Waals surface area contributed by atoms with Crippen LogP contribution >= 0.6 is 11.6 Å². The monoisotopic (exact) mass is 368 g/mol. The minimum atomic E-state index is -0.300. The Hall–Kier alpha value is -3.11. The van der Waals surface area contributed by atoms with E-state index in [2.05, 4.69) is 37.1 Å². The Morgan fingerprint density at radius 2 is 2.27 bits per heavy atom. The molecule has 0 fully saturated rings. The molecule has 0 unspecified atom stereocenters. The van der Waals surface area contributed by atoms with Gasteiger partial charge in [-0.2, -0.15) is 0 Å². The van der Waals surface area contributed by atoms with Gasteiger partial charge in [-0.1, -0.05) is 23.4 Å². The van der Waals surface area contributed by atoms with Gasteiger partial charge in [0.25, 0.3) is 5.91 Å². The Bertz CT molecular complexity index is 1000. The Kier molecular flexibility index (Phi) is 5.05. The van der Waals surface area contributed by atoms with Crippen molar-refractivity contribution in [3.63, 3.8) is 0 Å². The Labute approximate surface area is 155 Å². The molecule has 0 bridgehead atoms. The zero-order chi connectivity index (χ0) is 18.7. The van der Waals surface area contributed by atoms with Crippen LogP contribution < -0.4 is 11.1 Å². The van der Waals surface area contributed by atoms with Gasteiger partial charge in [-0.25, -0.2) is 15.0 Å². The topological polar surface area (TPSA) is 110 Å². The first-order chi connectivity index (χ1) is 12.5. The quantitative estimate of drug-likeness (QED) is 0.615. The highest BCUT2D eigenvalue weighted by Crippen LogP contribution is 2.22. The summed E-state index contributed by atoms with van der Waals surface area (Å²) >= 11 is 6.07. The summed E-state index contributed by atoms with van der Waals surface area (Å²) in [7, 11) is 0. The molecule has 3 rings (SSSR count). The van der Waals surface area contributed by atoms with Crippen LogP contribution in [0.2, 0.25) is 5.02 Å². The summed E-state index contributed by atoms with van der Waals surface area (Å²) in [5.41, 5.74) is 8.38. The smallest absolute Gasteiger partial charge is 0.287 e. The van der Waals surface area contributed by atoms with Crippen molar-refractivity contribution in [1.82, 2.24) is 25.3 Å². The number of H-pyrrole nitrogens is 1. The van der Waals surface area contributed by atoms with Crippen LogP contribution in [0.4, 0.5) is 5.82 Å². The van der Waals surface area contributed by atoms with Crippen LogP contribution in [0.25, 0.3) is 11.2 Å². The van der Waals surface area contributed by atoms with Gasteiger partial charge >= 0.3 is 0 Å². The number of aromatic nitrogens is 4. The number of imidazole rings is 1. The second kappa shape index (κ2) is 7.42. The van der Waals surface area contributed by atoms with Gasteiger partial charge < -0.3 is 16.0 Å². The van der Waals surface area contributed by atoms with Gasteiger partial charge in [0.15, 0.2) is 11.5 Å². The normalized spacial score (nSPS) is 11.7. The highest BCUT2D eigenvalue weighted by atomic mass is 35.5. The average Bonchev–Trinajstić information content (AvgIpc) is 3.06. The van der Waals surface area contributed by atoms with Crippen LogP contribution in [0, 0.1) is 18.8 Å². The number of pyridine rings is 2. The molecular formula is C18H17ClN6O. The van der Waals surface area contributed by atoms with E-state index < -0.39 is 0 Å². The van der Waals surface area contributed by atoms with Crippen molar-refractivity contribution < 1.29 is 4.79 Å². The number of nitrogen functional groups attached to an aromatic ring is 1. The third-order valence-corrected chi connectivity index (χ3v) is 4.25. The number of aromatic amines is 1. The Morgan fingerprint density at radius 3 is 3.04 bits per heavy atom. The fourth-order valence-electron chi connectivity index (χ4n) is 2.32. The third kappa shape index (κ3) is 3.76. The molecule has 0 aliphatic rings. The highest BCUT2D eigenvalue weighted by Gasteiger charge is 2.14. The van der Waals surface area contributed by atoms with Crippen LogP contribution in [-0.2, 0) is 0 Å². The first kappa shape index (κ1) is 17.7. The maximum atomic E-state index is 12.3. The summed E-state index contributed by atoms with van der Waals surface area (Å²) < 4.78 is 0. The number of carbonyl (C=O) groups excluding carboxylic acids is 1. The fraction of sp³-hybridized carbons (Fsp3) is 0.222. The van der Waals surface area contributed by atoms with Gasteiger partial charge in [-0.05, 0) is 31.5 Å². The van der Waals surface area contributed by atoms with Crippen LogP contribution in [0.5, 0.6) is 0 Å². The zero-order valence-corrected chi connectivity index (χ0v) is 15.1. The molecule has 1 atom stereocenters. The van der Waals surface area contributed by atoms with Gasteiger partial charge in [-0.3, -0.25) is 4.79 Å². The molecule has 26 heavy (non-hydrogen) atoms. The molecule has 4 N–H and O–H groups in total. The molecule has 8 heteroatoms. The van der Waals surface area contributed by atoms with Crippen molar-refractivity contribution in [2.75, 3.05) is 5.73 Å². The number of nitrogens with one attached hydrogen (secondary N) is 2. The lowest BCUT2D eigenvalue weighted by Gasteiger charge is -2.09. The molecule has 0 aliphatic carbocycles. The van der Waals surface area contributed by atoms with E-state index in [0.717, 1.165) is 5.56 Å². The van der Waals surface area contributed by atoms with Crippen molar-refractivity contribution in [3.8, 4) is 11.8 Å². The molecular weight excluding hydrogens is 352 g/mol. The molecule has 3 aromatic heterocycles. The van der Waals surface area contributed by atoms with Crippen molar-refractivity contribution in [2.24, 2.45) is 0 Å². The van der Waals surface area contributed by atoms with E-state index in [9.17, 15) is 4.79 Å². The molecule has 1 amide bonds. The van der Waals surface area contributed by atoms with Crippen molar-refractivity contribution in [2.45, 2.75) is 26.3 Å². The van der Waals surface area contributed by atoms with E-state index in [1.54, 1.807) is 18.5 Å². The molecule has 132 valence electrons. The predicted molar refractivity (Wildman–Crippen MR) is 101 cm³/mol. The Morgan fingerprint density at radius 1 is 1.46 bits per heavy atom. The maximum absolute atomic E-state index is 12.3. The number of anilines is 1. The van der Waals surface area contributed by atoms with E-state index in [-0.39, 0.29) is 23.6 Å². The molecule has 3 heterocycles. The summed E-state index contributed by atoms with van der Waals surface area (Å²) in [5, 5.41) is 3.27. The SMILES string of the molecule is Cc1c(C#CC[C@H](C)NC(=O)c2nc3ncccc3[nH]2)cnc(N)c1Cl. The van der Waals surface area contributed by atoms with Crippen LogP contribution in [0.3, 0.4) is 0 Å². The predicted octanol–water partition coefficient (Wildman–Crippen LogP) is 2.46. The second-order valence-electron chi connectivity index (χ2n) is 5.84.